The van der Waals surface area contributed by atoms with Crippen LogP contribution in [-0.4, -0.2) is 0 Å². The van der Waals surface area contributed by atoms with Crippen molar-refractivity contribution in [3.05, 3.63) is 111 Å². The van der Waals surface area contributed by atoms with E-state index < -0.39 is 0 Å². The number of benzene rings is 2. The average Bonchev–Trinajstić information content (AvgIpc) is 3.70. The minimum Gasteiger partial charge on any atom is -0.192 e. The second kappa shape index (κ2) is 10.6. The maximum atomic E-state index is 8.99. The van der Waals surface area contributed by atoms with Gasteiger partial charge in [0, 0.05) is 44.9 Å². The number of allylic oxidation sites excluding steroid dienone is 6. The highest BCUT2D eigenvalue weighted by molar-refractivity contribution is 7.34. The van der Waals surface area contributed by atoms with Crippen molar-refractivity contribution in [1.29, 1.82) is 10.5 Å². The predicted molar refractivity (Wildman–Crippen MR) is 175 cm³/mol. The number of nitriles is 2. The largest absolute Gasteiger partial charge is 0.192 e. The second-order valence-electron chi connectivity index (χ2n) is 8.89. The Kier molecular flexibility index (Phi) is 6.87. The third-order valence-electron chi connectivity index (χ3n) is 6.32. The lowest BCUT2D eigenvalue weighted by Crippen LogP contribution is -1.74. The van der Waals surface area contributed by atoms with Gasteiger partial charge in [-0.1, -0.05) is 43.0 Å². The molecule has 6 aromatic rings. The van der Waals surface area contributed by atoms with E-state index in [9.17, 15) is 0 Å². The number of nitrogens with zero attached hydrogens (tertiary/aromatic N) is 2. The van der Waals surface area contributed by atoms with Gasteiger partial charge in [0.25, 0.3) is 0 Å². The van der Waals surface area contributed by atoms with Crippen LogP contribution in [0.15, 0.2) is 90.6 Å². The van der Waals surface area contributed by atoms with Gasteiger partial charge in [0.15, 0.2) is 0 Å². The maximum absolute atomic E-state index is 8.99. The highest BCUT2D eigenvalue weighted by atomic mass is 32.1. The molecule has 0 N–H and O–H groups in total. The van der Waals surface area contributed by atoms with Crippen molar-refractivity contribution in [2.24, 2.45) is 0 Å². The van der Waals surface area contributed by atoms with E-state index in [1.54, 1.807) is 6.08 Å². The predicted octanol–water partition coefficient (Wildman–Crippen LogP) is 11.2. The van der Waals surface area contributed by atoms with Gasteiger partial charge >= 0.3 is 0 Å². The first-order valence-electron chi connectivity index (χ1n) is 12.2. The molecule has 6 heteroatoms. The molecule has 186 valence electrons. The van der Waals surface area contributed by atoms with Gasteiger partial charge in [-0.2, -0.15) is 10.5 Å². The lowest BCUT2D eigenvalue weighted by Gasteiger charge is -1.94. The summed E-state index contributed by atoms with van der Waals surface area (Å²) in [5, 5.41) is 20.6. The Bertz CT molecular complexity index is 2100. The minimum absolute atomic E-state index is 0.446. The van der Waals surface area contributed by atoms with Gasteiger partial charge in [-0.25, -0.2) is 0 Å². The molecule has 0 saturated heterocycles. The first-order valence-corrected chi connectivity index (χ1v) is 15.4. The lowest BCUT2D eigenvalue weighted by molar-refractivity contribution is 1.48. The summed E-state index contributed by atoms with van der Waals surface area (Å²) in [5.41, 5.74) is 3.26. The number of fused-ring (bicyclic) bond motifs is 6. The van der Waals surface area contributed by atoms with Gasteiger partial charge in [0.1, 0.15) is 0 Å². The SMILES string of the molecule is C=C(C#N)\C=C/C(/C=C/c1cc2sc3cc4c(cc3c2s1)sc1cc(/C=C/c2ccc(C#N)cc2)sc14)=C\C. The molecule has 4 aromatic heterocycles. The molecule has 6 rings (SSSR count). The van der Waals surface area contributed by atoms with Gasteiger partial charge in [0.05, 0.1) is 27.1 Å². The Morgan fingerprint density at radius 1 is 0.718 bits per heavy atom. The third-order valence-corrected chi connectivity index (χ3v) is 11.0. The Balaban J connectivity index is 1.29. The van der Waals surface area contributed by atoms with Crippen LogP contribution in [0.3, 0.4) is 0 Å². The standard InChI is InChI=1S/C33H20N2S4/c1-3-21(5-4-20(2)18-34)10-12-24-14-30-32(36-24)26-16-29-27(17-28(26)38-30)33-31(39-29)15-25(37-33)13-11-22-6-8-23(19-35)9-7-22/h3-17H,2H2,1H3/b5-4-,12-10+,13-11+,21-3+. The lowest BCUT2D eigenvalue weighted by atomic mass is 10.1. The topological polar surface area (TPSA) is 47.6 Å². The van der Waals surface area contributed by atoms with Gasteiger partial charge in [-0.15, -0.1) is 45.3 Å². The van der Waals surface area contributed by atoms with E-state index in [0.29, 0.717) is 11.1 Å². The van der Waals surface area contributed by atoms with Crippen molar-refractivity contribution in [2.45, 2.75) is 6.92 Å². The zero-order valence-corrected chi connectivity index (χ0v) is 24.2. The summed E-state index contributed by atoms with van der Waals surface area (Å²) in [7, 11) is 0. The summed E-state index contributed by atoms with van der Waals surface area (Å²) >= 11 is 7.37. The highest BCUT2D eigenvalue weighted by Gasteiger charge is 2.14. The smallest absolute Gasteiger partial charge is 0.0991 e. The first kappa shape index (κ1) is 25.2. The molecule has 0 atom stereocenters. The van der Waals surface area contributed by atoms with Crippen molar-refractivity contribution in [3.8, 4) is 12.1 Å². The number of hydrogen-bond acceptors (Lipinski definition) is 6. The Labute approximate surface area is 242 Å². The van der Waals surface area contributed by atoms with Crippen LogP contribution in [0.4, 0.5) is 0 Å². The van der Waals surface area contributed by atoms with Gasteiger partial charge in [0.2, 0.25) is 0 Å². The van der Waals surface area contributed by atoms with E-state index in [2.05, 4.69) is 61.2 Å². The van der Waals surface area contributed by atoms with Crippen LogP contribution in [0.1, 0.15) is 27.8 Å². The zero-order chi connectivity index (χ0) is 26.9. The van der Waals surface area contributed by atoms with Crippen LogP contribution in [0.25, 0.3) is 57.2 Å². The summed E-state index contributed by atoms with van der Waals surface area (Å²) in [6.45, 7) is 5.70. The van der Waals surface area contributed by atoms with Crippen molar-refractivity contribution in [3.63, 3.8) is 0 Å². The van der Waals surface area contributed by atoms with Gasteiger partial charge < -0.3 is 0 Å². The maximum Gasteiger partial charge on any atom is 0.0991 e. The van der Waals surface area contributed by atoms with Crippen molar-refractivity contribution < 1.29 is 0 Å². The molecule has 4 heterocycles. The van der Waals surface area contributed by atoms with E-state index in [4.69, 9.17) is 10.5 Å². The summed E-state index contributed by atoms with van der Waals surface area (Å²) in [6, 6.07) is 21.2. The highest BCUT2D eigenvalue weighted by Crippen LogP contribution is 2.46. The molecule has 0 bridgehead atoms. The fourth-order valence-corrected chi connectivity index (χ4v) is 9.20. The molecule has 0 fully saturated rings. The second-order valence-corrected chi connectivity index (χ2v) is 13.2. The Morgan fingerprint density at radius 2 is 1.33 bits per heavy atom. The molecule has 0 radical (unpaired) electrons. The monoisotopic (exact) mass is 572 g/mol. The quantitative estimate of drug-likeness (QED) is 0.147. The molecule has 0 aliphatic heterocycles. The molecule has 0 unspecified atom stereocenters. The first-order chi connectivity index (χ1) is 19.0. The molecule has 0 aliphatic rings. The average molecular weight is 573 g/mol. The molecule has 2 aromatic carbocycles. The summed E-state index contributed by atoms with van der Waals surface area (Å²) < 4.78 is 7.99. The van der Waals surface area contributed by atoms with Crippen LogP contribution in [-0.2, 0) is 0 Å². The fraction of sp³-hybridized carbons (Fsp3) is 0.0303. The van der Waals surface area contributed by atoms with E-state index in [1.807, 2.05) is 94.8 Å². The van der Waals surface area contributed by atoms with Crippen molar-refractivity contribution in [1.82, 2.24) is 0 Å². The molecule has 0 saturated carbocycles. The van der Waals surface area contributed by atoms with Crippen LogP contribution >= 0.6 is 45.3 Å². The number of thiophene rings is 4. The molecule has 0 amide bonds. The molecular weight excluding hydrogens is 553 g/mol. The summed E-state index contributed by atoms with van der Waals surface area (Å²) in [6.07, 6.45) is 14.2. The number of hydrogen-bond donors (Lipinski definition) is 0. The van der Waals surface area contributed by atoms with Gasteiger partial charge in [-0.05, 0) is 72.7 Å². The van der Waals surface area contributed by atoms with Crippen LogP contribution in [0.2, 0.25) is 0 Å². The Hall–Kier alpha value is -4.04. The van der Waals surface area contributed by atoms with Gasteiger partial charge in [-0.3, -0.25) is 0 Å². The molecule has 2 nitrogen and oxygen atoms in total. The van der Waals surface area contributed by atoms with E-state index >= 15 is 0 Å². The Morgan fingerprint density at radius 3 is 1.90 bits per heavy atom. The fourth-order valence-electron chi connectivity index (χ4n) is 4.30. The number of rotatable bonds is 6. The minimum atomic E-state index is 0.446. The third kappa shape index (κ3) is 5.04. The summed E-state index contributed by atoms with van der Waals surface area (Å²) in [4.78, 5) is 2.45. The van der Waals surface area contributed by atoms with E-state index in [0.717, 1.165) is 11.1 Å². The molecular formula is C33H20N2S4. The normalized spacial score (nSPS) is 12.6. The summed E-state index contributed by atoms with van der Waals surface area (Å²) in [5.74, 6) is 0. The van der Waals surface area contributed by atoms with E-state index in [1.165, 1.54) is 48.7 Å². The van der Waals surface area contributed by atoms with Crippen LogP contribution in [0.5, 0.6) is 0 Å². The molecule has 0 spiro atoms. The van der Waals surface area contributed by atoms with Crippen molar-refractivity contribution >= 4 is 103 Å². The van der Waals surface area contributed by atoms with E-state index in [-0.39, 0.29) is 0 Å². The van der Waals surface area contributed by atoms with Crippen LogP contribution < -0.4 is 0 Å². The molecule has 0 aliphatic carbocycles. The van der Waals surface area contributed by atoms with Crippen molar-refractivity contribution in [2.75, 3.05) is 0 Å². The molecule has 39 heavy (non-hydrogen) atoms. The van der Waals surface area contributed by atoms with Crippen LogP contribution in [0, 0.1) is 22.7 Å². The zero-order valence-electron chi connectivity index (χ0n) is 20.9.